The number of phenols is 1. The molecule has 13 heteroatoms. The Bertz CT molecular complexity index is 2190. The van der Waals surface area contributed by atoms with Gasteiger partial charge in [-0.15, -0.1) is 10.2 Å². The van der Waals surface area contributed by atoms with Crippen molar-refractivity contribution < 1.29 is 9.90 Å². The molecule has 3 aromatic carbocycles. The molecule has 51 heavy (non-hydrogen) atoms. The fourth-order valence-corrected chi connectivity index (χ4v) is 7.51. The topological polar surface area (TPSA) is 113 Å². The molecule has 0 atom stereocenters. The van der Waals surface area contributed by atoms with Crippen molar-refractivity contribution in [2.75, 3.05) is 24.7 Å². The first kappa shape index (κ1) is 34.9. The van der Waals surface area contributed by atoms with Crippen LogP contribution in [0.3, 0.4) is 0 Å². The standard InChI is InChI=1S/C38H39ClN8O2S2/c1-38(2,50-3)33-21-35(47(44-33)28-11-8-9-25(19-28)23-45-17-6-7-18-45)41-37(49)40-22-26-10-4-5-12-32(26)51-29-14-16-34-42-43-36(46(34)24-29)30-20-27(39)13-15-31(30)48/h4-5,8-16,19-21,24,48H,6-7,17-18,22-23H2,1-3H3,(H2,40,41,49). The zero-order valence-electron chi connectivity index (χ0n) is 28.6. The summed E-state index contributed by atoms with van der Waals surface area (Å²) in [5.74, 6) is 1.16. The molecule has 3 N–H and O–H groups in total. The van der Waals surface area contributed by atoms with Crippen molar-refractivity contribution in [3.63, 3.8) is 0 Å². The van der Waals surface area contributed by atoms with Gasteiger partial charge in [-0.3, -0.25) is 14.6 Å². The summed E-state index contributed by atoms with van der Waals surface area (Å²) in [5.41, 5.74) is 5.11. The number of fused-ring (bicyclic) bond motifs is 1. The number of likely N-dealkylation sites (tertiary alicyclic amines) is 1. The molecule has 0 aliphatic carbocycles. The summed E-state index contributed by atoms with van der Waals surface area (Å²) in [6.45, 7) is 7.73. The number of nitrogens with one attached hydrogen (secondary N) is 2. The SMILES string of the molecule is CSC(C)(C)c1cc(NC(=O)NCc2ccccc2Sc2ccc3nnc(-c4cc(Cl)ccc4O)n3c2)n(-c2cccc(CN3CCCC3)c2)n1. The summed E-state index contributed by atoms with van der Waals surface area (Å²) in [5, 5.41) is 30.7. The molecule has 2 amide bonds. The molecule has 0 saturated carbocycles. The lowest BCUT2D eigenvalue weighted by atomic mass is 10.1. The van der Waals surface area contributed by atoms with Gasteiger partial charge in [-0.25, -0.2) is 9.48 Å². The van der Waals surface area contributed by atoms with Gasteiger partial charge in [-0.05, 0) is 106 Å². The number of anilines is 1. The molecule has 1 fully saturated rings. The maximum absolute atomic E-state index is 13.5. The predicted octanol–water partition coefficient (Wildman–Crippen LogP) is 8.61. The van der Waals surface area contributed by atoms with E-state index in [0.717, 1.165) is 46.4 Å². The Morgan fingerprint density at radius 1 is 0.980 bits per heavy atom. The number of phenolic OH excluding ortho intramolecular Hbond substituents is 1. The number of halogens is 1. The maximum Gasteiger partial charge on any atom is 0.320 e. The van der Waals surface area contributed by atoms with Crippen LogP contribution in [0.1, 0.15) is 43.5 Å². The van der Waals surface area contributed by atoms with E-state index in [1.165, 1.54) is 18.4 Å². The van der Waals surface area contributed by atoms with Gasteiger partial charge in [-0.1, -0.05) is 53.7 Å². The highest BCUT2D eigenvalue weighted by molar-refractivity contribution is 7.99. The first-order chi connectivity index (χ1) is 24.7. The van der Waals surface area contributed by atoms with E-state index >= 15 is 0 Å². The molecule has 262 valence electrons. The number of rotatable bonds is 11. The lowest BCUT2D eigenvalue weighted by molar-refractivity contribution is 0.251. The largest absolute Gasteiger partial charge is 0.507 e. The van der Waals surface area contributed by atoms with Crippen molar-refractivity contribution in [1.82, 2.24) is 34.6 Å². The van der Waals surface area contributed by atoms with Crippen molar-refractivity contribution in [2.45, 2.75) is 54.3 Å². The van der Waals surface area contributed by atoms with Crippen LogP contribution >= 0.6 is 35.1 Å². The van der Waals surface area contributed by atoms with E-state index in [9.17, 15) is 9.90 Å². The van der Waals surface area contributed by atoms with Crippen molar-refractivity contribution in [3.05, 3.63) is 113 Å². The lowest BCUT2D eigenvalue weighted by Crippen LogP contribution is -2.29. The Kier molecular flexibility index (Phi) is 10.3. The number of aromatic nitrogens is 5. The Morgan fingerprint density at radius 2 is 1.80 bits per heavy atom. The summed E-state index contributed by atoms with van der Waals surface area (Å²) >= 11 is 9.49. The predicted molar refractivity (Wildman–Crippen MR) is 206 cm³/mol. The fraction of sp³-hybridized carbons (Fsp3) is 0.263. The molecule has 0 spiro atoms. The molecular formula is C38H39ClN8O2S2. The second-order valence-electron chi connectivity index (χ2n) is 13.0. The highest BCUT2D eigenvalue weighted by Crippen LogP contribution is 2.36. The number of urea groups is 1. The molecule has 6 aromatic rings. The summed E-state index contributed by atoms with van der Waals surface area (Å²) in [7, 11) is 0. The minimum Gasteiger partial charge on any atom is -0.507 e. The fourth-order valence-electron chi connectivity index (χ4n) is 6.07. The number of hydrogen-bond donors (Lipinski definition) is 3. The summed E-state index contributed by atoms with van der Waals surface area (Å²) in [6, 6.07) is 26.7. The zero-order chi connectivity index (χ0) is 35.5. The number of pyridine rings is 1. The molecule has 1 aliphatic heterocycles. The van der Waals surface area contributed by atoms with Crippen LogP contribution in [-0.2, 0) is 17.8 Å². The monoisotopic (exact) mass is 738 g/mol. The number of carbonyl (C=O) groups is 1. The average molecular weight is 739 g/mol. The third-order valence-electron chi connectivity index (χ3n) is 9.05. The molecule has 4 heterocycles. The Labute approximate surface area is 310 Å². The van der Waals surface area contributed by atoms with Gasteiger partial charge >= 0.3 is 6.03 Å². The molecule has 0 radical (unpaired) electrons. The third kappa shape index (κ3) is 7.89. The number of aromatic hydroxyl groups is 1. The van der Waals surface area contributed by atoms with Crippen LogP contribution in [0.25, 0.3) is 22.7 Å². The Hall–Kier alpha value is -4.49. The Morgan fingerprint density at radius 3 is 2.63 bits per heavy atom. The molecule has 10 nitrogen and oxygen atoms in total. The van der Waals surface area contributed by atoms with E-state index < -0.39 is 0 Å². The molecule has 0 unspecified atom stereocenters. The summed E-state index contributed by atoms with van der Waals surface area (Å²) in [6.07, 6.45) is 6.49. The lowest BCUT2D eigenvalue weighted by Gasteiger charge is -2.18. The normalized spacial score (nSPS) is 13.6. The second-order valence-corrected chi connectivity index (χ2v) is 16.0. The van der Waals surface area contributed by atoms with Crippen LogP contribution in [0, 0.1) is 0 Å². The first-order valence-electron chi connectivity index (χ1n) is 16.8. The van der Waals surface area contributed by atoms with Crippen molar-refractivity contribution in [1.29, 1.82) is 0 Å². The van der Waals surface area contributed by atoms with Crippen molar-refractivity contribution in [2.24, 2.45) is 0 Å². The average Bonchev–Trinajstić information content (AvgIpc) is 3.90. The number of benzene rings is 3. The smallest absolute Gasteiger partial charge is 0.320 e. The zero-order valence-corrected chi connectivity index (χ0v) is 31.0. The molecule has 0 bridgehead atoms. The minimum absolute atomic E-state index is 0.0692. The number of carbonyl (C=O) groups excluding carboxylic acids is 1. The molecule has 1 saturated heterocycles. The van der Waals surface area contributed by atoms with Gasteiger partial charge in [0.25, 0.3) is 0 Å². The van der Waals surface area contributed by atoms with Crippen LogP contribution in [0.15, 0.2) is 101 Å². The van der Waals surface area contributed by atoms with Gasteiger partial charge < -0.3 is 10.4 Å². The minimum atomic E-state index is -0.324. The maximum atomic E-state index is 13.5. The van der Waals surface area contributed by atoms with Gasteiger partial charge in [0.1, 0.15) is 11.6 Å². The molecule has 7 rings (SSSR count). The first-order valence-corrected chi connectivity index (χ1v) is 19.2. The van der Waals surface area contributed by atoms with Crippen molar-refractivity contribution in [3.8, 4) is 22.8 Å². The van der Waals surface area contributed by atoms with E-state index in [2.05, 4.69) is 64.0 Å². The number of amides is 2. The van der Waals surface area contributed by atoms with Gasteiger partial charge in [0, 0.05) is 40.2 Å². The van der Waals surface area contributed by atoms with Gasteiger partial charge in [0.15, 0.2) is 11.5 Å². The van der Waals surface area contributed by atoms with E-state index in [-0.39, 0.29) is 16.5 Å². The van der Waals surface area contributed by atoms with E-state index in [0.29, 0.717) is 34.4 Å². The quantitative estimate of drug-likeness (QED) is 0.121. The van der Waals surface area contributed by atoms with E-state index in [1.54, 1.807) is 41.7 Å². The van der Waals surface area contributed by atoms with Crippen LogP contribution in [0.2, 0.25) is 5.02 Å². The molecule has 3 aromatic heterocycles. The van der Waals surface area contributed by atoms with Crippen LogP contribution in [0.4, 0.5) is 10.6 Å². The van der Waals surface area contributed by atoms with Crippen molar-refractivity contribution >= 4 is 52.6 Å². The molecule has 1 aliphatic rings. The summed E-state index contributed by atoms with van der Waals surface area (Å²) < 4.78 is 3.43. The molecular weight excluding hydrogens is 700 g/mol. The van der Waals surface area contributed by atoms with Crippen LogP contribution < -0.4 is 10.6 Å². The third-order valence-corrected chi connectivity index (χ3v) is 11.6. The van der Waals surface area contributed by atoms with Crippen LogP contribution in [-0.4, -0.2) is 59.8 Å². The highest BCUT2D eigenvalue weighted by Gasteiger charge is 2.25. The number of hydrogen-bond acceptors (Lipinski definition) is 8. The Balaban J connectivity index is 1.08. The number of nitrogens with zero attached hydrogens (tertiary/aromatic N) is 6. The van der Waals surface area contributed by atoms with Crippen LogP contribution in [0.5, 0.6) is 5.75 Å². The highest BCUT2D eigenvalue weighted by atomic mass is 35.5. The van der Waals surface area contributed by atoms with E-state index in [1.807, 2.05) is 63.8 Å². The summed E-state index contributed by atoms with van der Waals surface area (Å²) in [4.78, 5) is 17.9. The van der Waals surface area contributed by atoms with Gasteiger partial charge in [0.2, 0.25) is 0 Å². The number of thioether (sulfide) groups is 1. The van der Waals surface area contributed by atoms with E-state index in [4.69, 9.17) is 16.7 Å². The second kappa shape index (κ2) is 15.0. The van der Waals surface area contributed by atoms with Gasteiger partial charge in [-0.2, -0.15) is 16.9 Å². The van der Waals surface area contributed by atoms with Gasteiger partial charge in [0.05, 0.1) is 21.7 Å².